The van der Waals surface area contributed by atoms with Crippen LogP contribution in [0.15, 0.2) is 54.2 Å². The molecule has 0 saturated heterocycles. The molecule has 0 aliphatic rings. The van der Waals surface area contributed by atoms with Gasteiger partial charge in [-0.25, -0.2) is 0 Å². The second kappa shape index (κ2) is 7.22. The standard InChI is InChI=1S/C16H12ClN3O/c17-15-7-2-1-5-12(15)9-13(10-18)16(21)20-11-14-6-3-4-8-19-14/h1-9H,11H2,(H,20,21)/b13-9+. The summed E-state index contributed by atoms with van der Waals surface area (Å²) in [7, 11) is 0. The van der Waals surface area contributed by atoms with Crippen LogP contribution in [0.4, 0.5) is 0 Å². The predicted octanol–water partition coefficient (Wildman–Crippen LogP) is 2.96. The molecule has 0 fully saturated rings. The first kappa shape index (κ1) is 14.8. The molecule has 0 radical (unpaired) electrons. The molecule has 0 bridgehead atoms. The number of halogens is 1. The van der Waals surface area contributed by atoms with Crippen LogP contribution in [0.1, 0.15) is 11.3 Å². The third-order valence-corrected chi connectivity index (χ3v) is 3.07. The lowest BCUT2D eigenvalue weighted by molar-refractivity contribution is -0.117. The van der Waals surface area contributed by atoms with Crippen LogP contribution in [0, 0.1) is 11.3 Å². The summed E-state index contributed by atoms with van der Waals surface area (Å²) in [6, 6.07) is 14.3. The minimum absolute atomic E-state index is 0.000897. The number of rotatable bonds is 4. The van der Waals surface area contributed by atoms with Crippen molar-refractivity contribution in [2.24, 2.45) is 0 Å². The molecule has 104 valence electrons. The molecule has 1 N–H and O–H groups in total. The van der Waals surface area contributed by atoms with Gasteiger partial charge in [-0.1, -0.05) is 35.9 Å². The number of nitriles is 1. The summed E-state index contributed by atoms with van der Waals surface area (Å²) in [5, 5.41) is 12.3. The monoisotopic (exact) mass is 297 g/mol. The SMILES string of the molecule is N#C/C(=C\c1ccccc1Cl)C(=O)NCc1ccccn1. The fourth-order valence-electron chi connectivity index (χ4n) is 1.67. The van der Waals surface area contributed by atoms with E-state index in [1.807, 2.05) is 12.1 Å². The molecular formula is C16H12ClN3O. The summed E-state index contributed by atoms with van der Waals surface area (Å²) in [5.74, 6) is -0.455. The summed E-state index contributed by atoms with van der Waals surface area (Å²) in [5.41, 5.74) is 1.35. The Morgan fingerprint density at radius 2 is 2.05 bits per heavy atom. The summed E-state index contributed by atoms with van der Waals surface area (Å²) in [6.45, 7) is 0.265. The normalized spacial score (nSPS) is 10.8. The molecular weight excluding hydrogens is 286 g/mol. The first-order valence-corrected chi connectivity index (χ1v) is 6.63. The third-order valence-electron chi connectivity index (χ3n) is 2.73. The highest BCUT2D eigenvalue weighted by Gasteiger charge is 2.09. The fourth-order valence-corrected chi connectivity index (χ4v) is 1.86. The molecule has 2 aromatic rings. The number of hydrogen-bond donors (Lipinski definition) is 1. The van der Waals surface area contributed by atoms with Crippen molar-refractivity contribution in [2.45, 2.75) is 6.54 Å². The van der Waals surface area contributed by atoms with Gasteiger partial charge in [0, 0.05) is 11.2 Å². The number of carbonyl (C=O) groups is 1. The highest BCUT2D eigenvalue weighted by Crippen LogP contribution is 2.18. The van der Waals surface area contributed by atoms with E-state index in [1.54, 1.807) is 42.6 Å². The third kappa shape index (κ3) is 4.16. The summed E-state index contributed by atoms with van der Waals surface area (Å²) in [4.78, 5) is 16.1. The van der Waals surface area contributed by atoms with Crippen LogP contribution >= 0.6 is 11.6 Å². The first-order valence-electron chi connectivity index (χ1n) is 6.25. The van der Waals surface area contributed by atoms with Crippen molar-refractivity contribution in [2.75, 3.05) is 0 Å². The van der Waals surface area contributed by atoms with Gasteiger partial charge in [-0.05, 0) is 29.8 Å². The largest absolute Gasteiger partial charge is 0.346 e. The number of amides is 1. The van der Waals surface area contributed by atoms with E-state index < -0.39 is 5.91 Å². The van der Waals surface area contributed by atoms with Gasteiger partial charge in [0.2, 0.25) is 0 Å². The molecule has 0 unspecified atom stereocenters. The van der Waals surface area contributed by atoms with Crippen LogP contribution in [0.5, 0.6) is 0 Å². The van der Waals surface area contributed by atoms with Crippen LogP contribution in [-0.4, -0.2) is 10.9 Å². The van der Waals surface area contributed by atoms with Gasteiger partial charge in [-0.2, -0.15) is 5.26 Å². The number of pyridine rings is 1. The predicted molar refractivity (Wildman–Crippen MR) is 81.1 cm³/mol. The summed E-state index contributed by atoms with van der Waals surface area (Å²) < 4.78 is 0. The van der Waals surface area contributed by atoms with Crippen molar-refractivity contribution >= 4 is 23.6 Å². The molecule has 1 aromatic heterocycles. The van der Waals surface area contributed by atoms with Gasteiger partial charge in [0.1, 0.15) is 11.6 Å². The number of carbonyl (C=O) groups excluding carboxylic acids is 1. The van der Waals surface area contributed by atoms with Crippen molar-refractivity contribution in [3.05, 3.63) is 70.5 Å². The number of nitrogens with one attached hydrogen (secondary N) is 1. The zero-order chi connectivity index (χ0) is 15.1. The molecule has 0 aliphatic heterocycles. The highest BCUT2D eigenvalue weighted by molar-refractivity contribution is 6.32. The second-order valence-corrected chi connectivity index (χ2v) is 4.60. The Morgan fingerprint density at radius 3 is 2.71 bits per heavy atom. The van der Waals surface area contributed by atoms with Crippen molar-refractivity contribution in [1.29, 1.82) is 5.26 Å². The van der Waals surface area contributed by atoms with E-state index in [0.29, 0.717) is 10.6 Å². The van der Waals surface area contributed by atoms with Gasteiger partial charge >= 0.3 is 0 Å². The average molecular weight is 298 g/mol. The lowest BCUT2D eigenvalue weighted by Crippen LogP contribution is -2.24. The summed E-state index contributed by atoms with van der Waals surface area (Å²) >= 11 is 6.01. The molecule has 0 spiro atoms. The quantitative estimate of drug-likeness (QED) is 0.697. The molecule has 0 saturated carbocycles. The number of nitrogens with zero attached hydrogens (tertiary/aromatic N) is 2. The maximum atomic E-state index is 12.0. The minimum Gasteiger partial charge on any atom is -0.346 e. The Bertz CT molecular complexity index is 705. The molecule has 0 aliphatic carbocycles. The topological polar surface area (TPSA) is 65.8 Å². The van der Waals surface area contributed by atoms with E-state index in [0.717, 1.165) is 5.69 Å². The molecule has 21 heavy (non-hydrogen) atoms. The van der Waals surface area contributed by atoms with Crippen LogP contribution in [-0.2, 0) is 11.3 Å². The first-order chi connectivity index (χ1) is 10.2. The second-order valence-electron chi connectivity index (χ2n) is 4.20. The maximum Gasteiger partial charge on any atom is 0.262 e. The zero-order valence-corrected chi connectivity index (χ0v) is 11.8. The van der Waals surface area contributed by atoms with Crippen molar-refractivity contribution in [1.82, 2.24) is 10.3 Å². The smallest absolute Gasteiger partial charge is 0.262 e. The Hall–Kier alpha value is -2.64. The van der Waals surface area contributed by atoms with Gasteiger partial charge in [0.15, 0.2) is 0 Å². The molecule has 1 heterocycles. The molecule has 1 amide bonds. The van der Waals surface area contributed by atoms with E-state index >= 15 is 0 Å². The Balaban J connectivity index is 2.09. The van der Waals surface area contributed by atoms with Crippen LogP contribution < -0.4 is 5.32 Å². The fraction of sp³-hybridized carbons (Fsp3) is 0.0625. The lowest BCUT2D eigenvalue weighted by Gasteiger charge is -2.04. The zero-order valence-electron chi connectivity index (χ0n) is 11.1. The van der Waals surface area contributed by atoms with E-state index in [1.165, 1.54) is 6.08 Å². The molecule has 0 atom stereocenters. The van der Waals surface area contributed by atoms with E-state index in [4.69, 9.17) is 16.9 Å². The van der Waals surface area contributed by atoms with Crippen molar-refractivity contribution in [3.63, 3.8) is 0 Å². The van der Waals surface area contributed by atoms with Gasteiger partial charge < -0.3 is 5.32 Å². The number of hydrogen-bond acceptors (Lipinski definition) is 3. The maximum absolute atomic E-state index is 12.0. The van der Waals surface area contributed by atoms with Crippen molar-refractivity contribution < 1.29 is 4.79 Å². The van der Waals surface area contributed by atoms with E-state index in [2.05, 4.69) is 10.3 Å². The molecule has 2 rings (SSSR count). The number of benzene rings is 1. The van der Waals surface area contributed by atoms with Gasteiger partial charge in [0.25, 0.3) is 5.91 Å². The van der Waals surface area contributed by atoms with Gasteiger partial charge in [-0.3, -0.25) is 9.78 Å². The molecule has 1 aromatic carbocycles. The van der Waals surface area contributed by atoms with E-state index in [9.17, 15) is 4.79 Å². The number of aromatic nitrogens is 1. The van der Waals surface area contributed by atoms with Crippen molar-refractivity contribution in [3.8, 4) is 6.07 Å². The Labute approximate surface area is 127 Å². The molecule has 5 heteroatoms. The van der Waals surface area contributed by atoms with Crippen LogP contribution in [0.3, 0.4) is 0 Å². The van der Waals surface area contributed by atoms with Crippen LogP contribution in [0.25, 0.3) is 6.08 Å². The average Bonchev–Trinajstić information content (AvgIpc) is 2.53. The van der Waals surface area contributed by atoms with Crippen LogP contribution in [0.2, 0.25) is 5.02 Å². The summed E-state index contributed by atoms with van der Waals surface area (Å²) in [6.07, 6.45) is 3.11. The minimum atomic E-state index is -0.455. The Morgan fingerprint density at radius 1 is 1.29 bits per heavy atom. The molecule has 4 nitrogen and oxygen atoms in total. The van der Waals surface area contributed by atoms with Gasteiger partial charge in [0.05, 0.1) is 12.2 Å². The lowest BCUT2D eigenvalue weighted by atomic mass is 10.1. The highest BCUT2D eigenvalue weighted by atomic mass is 35.5. The van der Waals surface area contributed by atoms with Gasteiger partial charge in [-0.15, -0.1) is 0 Å². The van der Waals surface area contributed by atoms with E-state index in [-0.39, 0.29) is 12.1 Å². The Kier molecular flexibility index (Phi) is 5.08.